The molecular formula is C56H38N4S2. The fourth-order valence-corrected chi connectivity index (χ4v) is 11.8. The minimum absolute atomic E-state index is 0.919. The minimum atomic E-state index is 0.919. The summed E-state index contributed by atoms with van der Waals surface area (Å²) in [6.07, 6.45) is 2.89. The van der Waals surface area contributed by atoms with Gasteiger partial charge < -0.3 is 9.13 Å². The number of hydrogen-bond acceptors (Lipinski definition) is 4. The normalized spacial score (nSPS) is 12.5. The average Bonchev–Trinajstić information content (AvgIpc) is 4.14. The molecule has 0 spiro atoms. The molecular weight excluding hydrogens is 793 g/mol. The standard InChI is InChI=1S/C56H38N4S2/c1-2-45-23-25-54(61-45)56-58-57-55(62-56)38-11-9-10-34(26-38)35-18-19-36-28-41-31-42-32-43(21-20-37(42)29-40(41)30-39(36)27-35)59-52-17-8-5-14-48(52)49-33-44(22-24-53(49)59)60-50-15-6-3-12-46(50)47-13-4-7-16-51(47)60/h3-28,30,32-33H,2,29,31H2,1H3. The molecule has 4 nitrogen and oxygen atoms in total. The molecule has 4 heterocycles. The van der Waals surface area contributed by atoms with Crippen LogP contribution in [0, 0.1) is 0 Å². The molecule has 12 aromatic rings. The van der Waals surface area contributed by atoms with Crippen molar-refractivity contribution in [3.8, 4) is 43.0 Å². The zero-order valence-electron chi connectivity index (χ0n) is 34.0. The van der Waals surface area contributed by atoms with E-state index in [9.17, 15) is 0 Å². The van der Waals surface area contributed by atoms with E-state index in [1.165, 1.54) is 109 Å². The lowest BCUT2D eigenvalue weighted by Crippen LogP contribution is -2.08. The van der Waals surface area contributed by atoms with Crippen LogP contribution in [0.4, 0.5) is 0 Å². The highest BCUT2D eigenvalue weighted by Gasteiger charge is 2.21. The molecule has 0 radical (unpaired) electrons. The lowest BCUT2D eigenvalue weighted by atomic mass is 9.84. The first kappa shape index (κ1) is 35.6. The van der Waals surface area contributed by atoms with Gasteiger partial charge in [-0.2, -0.15) is 0 Å². The van der Waals surface area contributed by atoms with Crippen molar-refractivity contribution in [1.29, 1.82) is 0 Å². The van der Waals surface area contributed by atoms with Gasteiger partial charge in [0, 0.05) is 43.4 Å². The smallest absolute Gasteiger partial charge is 0.158 e. The van der Waals surface area contributed by atoms with Crippen molar-refractivity contribution in [1.82, 2.24) is 19.3 Å². The average molecular weight is 831 g/mol. The summed E-state index contributed by atoms with van der Waals surface area (Å²) in [5, 5.41) is 18.7. The molecule has 4 aromatic heterocycles. The SMILES string of the molecule is CCc1ccc(-c2nnc(-c3cccc(-c4ccc5cc6c(cc5c4)Cc4ccc(-n5c7ccccc7c7cc(-n8c9ccccc9c9ccccc98)ccc75)cc4C6)c3)s2)s1. The van der Waals surface area contributed by atoms with E-state index < -0.39 is 0 Å². The van der Waals surface area contributed by atoms with E-state index in [-0.39, 0.29) is 0 Å². The summed E-state index contributed by atoms with van der Waals surface area (Å²) in [7, 11) is 0. The molecule has 62 heavy (non-hydrogen) atoms. The Kier molecular flexibility index (Phi) is 8.02. The number of aromatic nitrogens is 4. The van der Waals surface area contributed by atoms with Gasteiger partial charge in [-0.3, -0.25) is 0 Å². The van der Waals surface area contributed by atoms with Crippen molar-refractivity contribution in [3.05, 3.63) is 203 Å². The van der Waals surface area contributed by atoms with Crippen LogP contribution in [0.25, 0.3) is 97.3 Å². The Balaban J connectivity index is 0.829. The number of benzene rings is 8. The second-order valence-corrected chi connectivity index (χ2v) is 18.7. The van der Waals surface area contributed by atoms with E-state index in [1.54, 1.807) is 11.3 Å². The van der Waals surface area contributed by atoms with Gasteiger partial charge in [0.1, 0.15) is 5.01 Å². The molecule has 0 amide bonds. The lowest BCUT2D eigenvalue weighted by Gasteiger charge is -2.22. The van der Waals surface area contributed by atoms with Crippen molar-refractivity contribution in [2.75, 3.05) is 0 Å². The number of thiophene rings is 1. The molecule has 0 saturated heterocycles. The number of aryl methyl sites for hydroxylation is 1. The third-order valence-corrected chi connectivity index (χ3v) is 15.3. The minimum Gasteiger partial charge on any atom is -0.309 e. The maximum atomic E-state index is 4.60. The molecule has 0 atom stereocenters. The van der Waals surface area contributed by atoms with Crippen LogP contribution in [-0.2, 0) is 19.3 Å². The molecule has 8 aromatic carbocycles. The maximum Gasteiger partial charge on any atom is 0.158 e. The molecule has 294 valence electrons. The van der Waals surface area contributed by atoms with Crippen molar-refractivity contribution in [2.24, 2.45) is 0 Å². The Morgan fingerprint density at radius 2 is 1.02 bits per heavy atom. The zero-order chi connectivity index (χ0) is 40.9. The first-order valence-corrected chi connectivity index (χ1v) is 23.0. The van der Waals surface area contributed by atoms with E-state index in [1.807, 2.05) is 11.3 Å². The van der Waals surface area contributed by atoms with Crippen LogP contribution in [0.2, 0.25) is 0 Å². The van der Waals surface area contributed by atoms with Gasteiger partial charge in [0.25, 0.3) is 0 Å². The molecule has 6 heteroatoms. The van der Waals surface area contributed by atoms with E-state index in [2.05, 4.69) is 202 Å². The Morgan fingerprint density at radius 3 is 1.76 bits per heavy atom. The Labute approximate surface area is 366 Å². The number of fused-ring (bicyclic) bond motifs is 9. The van der Waals surface area contributed by atoms with Gasteiger partial charge in [0.2, 0.25) is 0 Å². The highest BCUT2D eigenvalue weighted by Crippen LogP contribution is 2.40. The predicted molar refractivity (Wildman–Crippen MR) is 262 cm³/mol. The first-order chi connectivity index (χ1) is 30.6. The van der Waals surface area contributed by atoms with Crippen LogP contribution >= 0.6 is 22.7 Å². The quantitative estimate of drug-likeness (QED) is 0.167. The van der Waals surface area contributed by atoms with Gasteiger partial charge in [-0.05, 0) is 136 Å². The topological polar surface area (TPSA) is 35.6 Å². The second kappa shape index (κ2) is 14.0. The molecule has 0 aliphatic heterocycles. The fraction of sp³-hybridized carbons (Fsp3) is 0.0714. The van der Waals surface area contributed by atoms with E-state index in [0.29, 0.717) is 0 Å². The molecule has 0 saturated carbocycles. The largest absolute Gasteiger partial charge is 0.309 e. The highest BCUT2D eigenvalue weighted by atomic mass is 32.1. The summed E-state index contributed by atoms with van der Waals surface area (Å²) >= 11 is 3.47. The van der Waals surface area contributed by atoms with Crippen molar-refractivity contribution >= 4 is 77.1 Å². The van der Waals surface area contributed by atoms with Crippen LogP contribution in [-0.4, -0.2) is 19.3 Å². The summed E-state index contributed by atoms with van der Waals surface area (Å²) < 4.78 is 4.88. The first-order valence-electron chi connectivity index (χ1n) is 21.4. The molecule has 0 bridgehead atoms. The molecule has 13 rings (SSSR count). The Morgan fingerprint density at radius 1 is 0.419 bits per heavy atom. The molecule has 0 unspecified atom stereocenters. The third kappa shape index (κ3) is 5.64. The van der Waals surface area contributed by atoms with Gasteiger partial charge >= 0.3 is 0 Å². The van der Waals surface area contributed by atoms with Crippen molar-refractivity contribution in [2.45, 2.75) is 26.2 Å². The number of nitrogens with zero attached hydrogens (tertiary/aromatic N) is 4. The van der Waals surface area contributed by atoms with Crippen LogP contribution in [0.5, 0.6) is 0 Å². The van der Waals surface area contributed by atoms with Gasteiger partial charge in [0.15, 0.2) is 5.01 Å². The summed E-state index contributed by atoms with van der Waals surface area (Å²) in [5.41, 5.74) is 16.4. The fourth-order valence-electron chi connectivity index (χ4n) is 9.93. The van der Waals surface area contributed by atoms with Crippen molar-refractivity contribution in [3.63, 3.8) is 0 Å². The Bertz CT molecular complexity index is 3710. The van der Waals surface area contributed by atoms with Gasteiger partial charge in [-0.15, -0.1) is 21.5 Å². The van der Waals surface area contributed by atoms with Gasteiger partial charge in [-0.1, -0.05) is 121 Å². The monoisotopic (exact) mass is 830 g/mol. The van der Waals surface area contributed by atoms with Crippen LogP contribution in [0.1, 0.15) is 34.1 Å². The van der Waals surface area contributed by atoms with Crippen LogP contribution < -0.4 is 0 Å². The van der Waals surface area contributed by atoms with Gasteiger partial charge in [-0.25, -0.2) is 0 Å². The molecule has 0 fully saturated rings. The van der Waals surface area contributed by atoms with Crippen LogP contribution in [0.15, 0.2) is 176 Å². The molecule has 0 N–H and O–H groups in total. The number of para-hydroxylation sites is 3. The number of rotatable bonds is 6. The van der Waals surface area contributed by atoms with Crippen molar-refractivity contribution < 1.29 is 0 Å². The van der Waals surface area contributed by atoms with Gasteiger partial charge in [0.05, 0.1) is 26.9 Å². The maximum absolute atomic E-state index is 4.60. The summed E-state index contributed by atoms with van der Waals surface area (Å²) in [4.78, 5) is 2.56. The highest BCUT2D eigenvalue weighted by molar-refractivity contribution is 7.23. The lowest BCUT2D eigenvalue weighted by molar-refractivity contribution is 0.997. The Hall–Kier alpha value is -7.12. The predicted octanol–water partition coefficient (Wildman–Crippen LogP) is 15.0. The molecule has 1 aliphatic rings. The summed E-state index contributed by atoms with van der Waals surface area (Å²) in [6.45, 7) is 2.19. The third-order valence-electron chi connectivity index (χ3n) is 13.0. The van der Waals surface area contributed by atoms with E-state index in [0.717, 1.165) is 34.8 Å². The summed E-state index contributed by atoms with van der Waals surface area (Å²) in [5.74, 6) is 0. The second-order valence-electron chi connectivity index (χ2n) is 16.5. The zero-order valence-corrected chi connectivity index (χ0v) is 35.6. The van der Waals surface area contributed by atoms with E-state index in [4.69, 9.17) is 0 Å². The molecule has 1 aliphatic carbocycles. The van der Waals surface area contributed by atoms with E-state index >= 15 is 0 Å². The summed E-state index contributed by atoms with van der Waals surface area (Å²) in [6, 6.07) is 65.4. The number of hydrogen-bond donors (Lipinski definition) is 0. The van der Waals surface area contributed by atoms with Crippen LogP contribution in [0.3, 0.4) is 0 Å².